The summed E-state index contributed by atoms with van der Waals surface area (Å²) in [4.78, 5) is 45.1. The fourth-order valence-corrected chi connectivity index (χ4v) is 3.98. The van der Waals surface area contributed by atoms with E-state index < -0.39 is 11.8 Å². The van der Waals surface area contributed by atoms with Crippen molar-refractivity contribution < 1.29 is 19.1 Å². The summed E-state index contributed by atoms with van der Waals surface area (Å²) in [6, 6.07) is 23.5. The number of halogens is 1. The molecule has 0 saturated carbocycles. The topological polar surface area (TPSA) is 88.6 Å². The van der Waals surface area contributed by atoms with Crippen molar-refractivity contribution in [2.75, 3.05) is 16.8 Å². The van der Waals surface area contributed by atoms with E-state index in [-0.39, 0.29) is 29.3 Å². The summed E-state index contributed by atoms with van der Waals surface area (Å²) < 4.78 is 5.85. The average Bonchev–Trinajstić information content (AvgIpc) is 3.00. The molecule has 7 nitrogen and oxygen atoms in total. The van der Waals surface area contributed by atoms with Crippen LogP contribution in [0.15, 0.2) is 91.1 Å². The molecule has 2 heterocycles. The second-order valence-corrected chi connectivity index (χ2v) is 8.19. The molecule has 0 atom stereocenters. The fourth-order valence-electron chi connectivity index (χ4n) is 3.81. The molecule has 5 rings (SSSR count). The van der Waals surface area contributed by atoms with E-state index in [1.807, 2.05) is 6.07 Å². The number of hydrogen-bond acceptors (Lipinski definition) is 5. The van der Waals surface area contributed by atoms with Gasteiger partial charge in [-0.3, -0.25) is 19.3 Å². The van der Waals surface area contributed by atoms with Crippen molar-refractivity contribution in [2.45, 2.75) is 0 Å². The van der Waals surface area contributed by atoms with Gasteiger partial charge in [-0.2, -0.15) is 0 Å². The standard InChI is InChI=1S/C27H18ClN3O4/c28-18-12-13-21(20(15-18)25(33)17-7-2-1-3-8-17)30-24(32)16-31-22-10-4-5-11-23(22)35-26-19(27(31)34)9-6-14-29-26/h1-15H,16H2,(H,30,32). The molecule has 0 bridgehead atoms. The Morgan fingerprint density at radius 3 is 2.54 bits per heavy atom. The highest BCUT2D eigenvalue weighted by molar-refractivity contribution is 6.31. The van der Waals surface area contributed by atoms with Gasteiger partial charge in [-0.25, -0.2) is 4.98 Å². The number of fused-ring (bicyclic) bond motifs is 2. The first-order valence-electron chi connectivity index (χ1n) is 10.7. The maximum atomic E-state index is 13.3. The normalized spacial score (nSPS) is 12.1. The van der Waals surface area contributed by atoms with Crippen LogP contribution < -0.4 is 15.0 Å². The first kappa shape index (κ1) is 22.3. The molecule has 0 saturated heterocycles. The van der Waals surface area contributed by atoms with Gasteiger partial charge in [0, 0.05) is 22.3 Å². The van der Waals surface area contributed by atoms with Crippen molar-refractivity contribution in [2.24, 2.45) is 0 Å². The molecule has 1 aromatic heterocycles. The molecule has 0 spiro atoms. The van der Waals surface area contributed by atoms with Crippen LogP contribution >= 0.6 is 11.6 Å². The van der Waals surface area contributed by atoms with Gasteiger partial charge in [0.2, 0.25) is 11.8 Å². The number of ether oxygens (including phenoxy) is 1. The van der Waals surface area contributed by atoms with Gasteiger partial charge >= 0.3 is 0 Å². The molecule has 0 fully saturated rings. The van der Waals surface area contributed by atoms with E-state index >= 15 is 0 Å². The minimum Gasteiger partial charge on any atom is -0.436 e. The number of amides is 2. The number of anilines is 2. The van der Waals surface area contributed by atoms with E-state index in [1.165, 1.54) is 17.2 Å². The first-order chi connectivity index (χ1) is 17.0. The number of benzene rings is 3. The quantitative estimate of drug-likeness (QED) is 0.386. The van der Waals surface area contributed by atoms with Crippen molar-refractivity contribution in [3.63, 3.8) is 0 Å². The van der Waals surface area contributed by atoms with Crippen molar-refractivity contribution in [3.8, 4) is 11.6 Å². The Balaban J connectivity index is 1.45. The molecule has 2 amide bonds. The Kier molecular flexibility index (Phi) is 5.99. The van der Waals surface area contributed by atoms with Crippen LogP contribution in [-0.2, 0) is 4.79 Å². The van der Waals surface area contributed by atoms with Crippen LogP contribution in [0.4, 0.5) is 11.4 Å². The smallest absolute Gasteiger partial charge is 0.264 e. The first-order valence-corrected chi connectivity index (χ1v) is 11.1. The fraction of sp³-hybridized carbons (Fsp3) is 0.0370. The number of rotatable bonds is 5. The Morgan fingerprint density at radius 1 is 0.943 bits per heavy atom. The van der Waals surface area contributed by atoms with Crippen LogP contribution in [0.3, 0.4) is 0 Å². The Bertz CT molecular complexity index is 1460. The third kappa shape index (κ3) is 4.49. The summed E-state index contributed by atoms with van der Waals surface area (Å²) in [5.41, 5.74) is 1.67. The minimum atomic E-state index is -0.495. The molecule has 1 N–H and O–H groups in total. The van der Waals surface area contributed by atoms with Gasteiger partial charge in [0.1, 0.15) is 12.1 Å². The van der Waals surface area contributed by atoms with E-state index in [9.17, 15) is 14.4 Å². The third-order valence-corrected chi connectivity index (χ3v) is 5.68. The molecule has 3 aromatic carbocycles. The van der Waals surface area contributed by atoms with Crippen LogP contribution in [0.2, 0.25) is 5.02 Å². The van der Waals surface area contributed by atoms with Crippen LogP contribution in [0, 0.1) is 0 Å². The Morgan fingerprint density at radius 2 is 1.71 bits per heavy atom. The second kappa shape index (κ2) is 9.40. The number of para-hydroxylation sites is 2. The zero-order valence-electron chi connectivity index (χ0n) is 18.3. The summed E-state index contributed by atoms with van der Waals surface area (Å²) in [5.74, 6) is -0.637. The number of carbonyl (C=O) groups excluding carboxylic acids is 3. The van der Waals surface area contributed by atoms with E-state index in [0.717, 1.165) is 0 Å². The lowest BCUT2D eigenvalue weighted by atomic mass is 10.0. The van der Waals surface area contributed by atoms with Gasteiger partial charge in [-0.15, -0.1) is 0 Å². The lowest BCUT2D eigenvalue weighted by Gasteiger charge is -2.21. The van der Waals surface area contributed by atoms with Crippen molar-refractivity contribution in [3.05, 3.63) is 113 Å². The zero-order valence-corrected chi connectivity index (χ0v) is 19.0. The number of nitrogens with one attached hydrogen (secondary N) is 1. The van der Waals surface area contributed by atoms with Gasteiger partial charge in [-0.1, -0.05) is 54.1 Å². The molecule has 0 radical (unpaired) electrons. The van der Waals surface area contributed by atoms with Crippen molar-refractivity contribution in [1.82, 2.24) is 4.98 Å². The maximum absolute atomic E-state index is 13.3. The number of nitrogens with zero attached hydrogens (tertiary/aromatic N) is 2. The van der Waals surface area contributed by atoms with E-state index in [2.05, 4.69) is 10.3 Å². The average molecular weight is 484 g/mol. The number of aromatic nitrogens is 1. The summed E-state index contributed by atoms with van der Waals surface area (Å²) in [7, 11) is 0. The molecule has 0 aliphatic carbocycles. The molecule has 1 aliphatic rings. The molecule has 0 unspecified atom stereocenters. The Labute approximate surface area is 205 Å². The lowest BCUT2D eigenvalue weighted by Crippen LogP contribution is -2.38. The highest BCUT2D eigenvalue weighted by Gasteiger charge is 2.30. The second-order valence-electron chi connectivity index (χ2n) is 7.75. The summed E-state index contributed by atoms with van der Waals surface area (Å²) >= 11 is 6.14. The summed E-state index contributed by atoms with van der Waals surface area (Å²) in [5, 5.41) is 3.12. The highest BCUT2D eigenvalue weighted by atomic mass is 35.5. The molecule has 1 aliphatic heterocycles. The van der Waals surface area contributed by atoms with Gasteiger partial charge < -0.3 is 10.1 Å². The highest BCUT2D eigenvalue weighted by Crippen LogP contribution is 2.37. The lowest BCUT2D eigenvalue weighted by molar-refractivity contribution is -0.114. The number of ketones is 1. The largest absolute Gasteiger partial charge is 0.436 e. The van der Waals surface area contributed by atoms with Crippen LogP contribution in [-0.4, -0.2) is 29.1 Å². The molecular weight excluding hydrogens is 466 g/mol. The maximum Gasteiger partial charge on any atom is 0.264 e. The number of carbonyl (C=O) groups is 3. The molecular formula is C27H18ClN3O4. The molecule has 4 aromatic rings. The van der Waals surface area contributed by atoms with Gasteiger partial charge in [0.05, 0.1) is 11.4 Å². The number of pyridine rings is 1. The predicted octanol–water partition coefficient (Wildman–Crippen LogP) is 5.36. The van der Waals surface area contributed by atoms with Gasteiger partial charge in [0.15, 0.2) is 11.5 Å². The SMILES string of the molecule is O=C(CN1C(=O)c2cccnc2Oc2ccccc21)Nc1ccc(Cl)cc1C(=O)c1ccccc1. The minimum absolute atomic E-state index is 0.168. The summed E-state index contributed by atoms with van der Waals surface area (Å²) in [6.07, 6.45) is 1.53. The van der Waals surface area contributed by atoms with Crippen molar-refractivity contribution >= 4 is 40.6 Å². The van der Waals surface area contributed by atoms with Crippen LogP contribution in [0.5, 0.6) is 11.6 Å². The van der Waals surface area contributed by atoms with E-state index in [1.54, 1.807) is 72.8 Å². The molecule has 172 valence electrons. The molecule has 35 heavy (non-hydrogen) atoms. The number of hydrogen-bond donors (Lipinski definition) is 1. The zero-order chi connectivity index (χ0) is 24.4. The van der Waals surface area contributed by atoms with Gasteiger partial charge in [0.25, 0.3) is 5.91 Å². The van der Waals surface area contributed by atoms with Crippen LogP contribution in [0.1, 0.15) is 26.3 Å². The molecule has 8 heteroatoms. The Hall–Kier alpha value is -4.49. The van der Waals surface area contributed by atoms with E-state index in [4.69, 9.17) is 16.3 Å². The van der Waals surface area contributed by atoms with Crippen molar-refractivity contribution in [1.29, 1.82) is 0 Å². The van der Waals surface area contributed by atoms with Crippen LogP contribution in [0.25, 0.3) is 0 Å². The summed E-state index contributed by atoms with van der Waals surface area (Å²) in [6.45, 7) is -0.310. The third-order valence-electron chi connectivity index (χ3n) is 5.45. The predicted molar refractivity (Wildman–Crippen MR) is 132 cm³/mol. The van der Waals surface area contributed by atoms with Gasteiger partial charge in [-0.05, 0) is 42.5 Å². The monoisotopic (exact) mass is 483 g/mol. The van der Waals surface area contributed by atoms with E-state index in [0.29, 0.717) is 27.7 Å².